The molecule has 58 heavy (non-hydrogen) atoms. The van der Waals surface area contributed by atoms with Gasteiger partial charge in [-0.05, 0) is 125 Å². The van der Waals surface area contributed by atoms with Crippen LogP contribution in [-0.2, 0) is 31.9 Å². The van der Waals surface area contributed by atoms with E-state index < -0.39 is 38.2 Å². The molecule has 5 heteroatoms. The maximum atomic E-state index is 9.42. The molecule has 0 spiro atoms. The van der Waals surface area contributed by atoms with Gasteiger partial charge in [-0.2, -0.15) is 0 Å². The van der Waals surface area contributed by atoms with Crippen LogP contribution in [0.5, 0.6) is 0 Å². The quantitative estimate of drug-likeness (QED) is 0.161. The van der Waals surface area contributed by atoms with Crippen molar-refractivity contribution < 1.29 is 41.0 Å². The summed E-state index contributed by atoms with van der Waals surface area (Å²) in [5.41, 5.74) is 6.38. The number of hydrogen-bond acceptors (Lipinski definition) is 4. The number of aryl methyl sites for hydroxylation is 3. The van der Waals surface area contributed by atoms with Crippen LogP contribution in [-0.4, -0.2) is 15.0 Å². The smallest absolute Gasteiger partial charge is 0.216 e. The van der Waals surface area contributed by atoms with Gasteiger partial charge in [-0.3, -0.25) is 0 Å². The molecule has 1 fully saturated rings. The zero-order valence-corrected chi connectivity index (χ0v) is 37.0. The van der Waals surface area contributed by atoms with Crippen molar-refractivity contribution in [2.45, 2.75) is 119 Å². The zero-order chi connectivity index (χ0) is 50.9. The van der Waals surface area contributed by atoms with E-state index in [1.165, 1.54) is 24.5 Å². The number of hydrogen-bond donors (Lipinski definition) is 0. The molecule has 4 heterocycles. The minimum atomic E-state index is -2.43. The van der Waals surface area contributed by atoms with Gasteiger partial charge >= 0.3 is 0 Å². The van der Waals surface area contributed by atoms with Crippen molar-refractivity contribution in [3.05, 3.63) is 137 Å². The van der Waals surface area contributed by atoms with Gasteiger partial charge in [-0.25, -0.2) is 4.98 Å². The van der Waals surface area contributed by atoms with E-state index in [0.717, 1.165) is 47.8 Å². The Bertz CT molecular complexity index is 2980. The Balaban J connectivity index is 0.000000282. The van der Waals surface area contributed by atoms with E-state index in [1.807, 2.05) is 39.0 Å². The Morgan fingerprint density at radius 1 is 0.828 bits per heavy atom. The van der Waals surface area contributed by atoms with Crippen molar-refractivity contribution in [2.75, 3.05) is 0 Å². The van der Waals surface area contributed by atoms with Crippen LogP contribution in [0.3, 0.4) is 0 Å². The molecule has 0 saturated heterocycles. The van der Waals surface area contributed by atoms with Crippen LogP contribution in [0.4, 0.5) is 0 Å². The molecular formula is C53H59IrN3O-2. The van der Waals surface area contributed by atoms with E-state index in [1.54, 1.807) is 42.5 Å². The molecule has 0 N–H and O–H groups in total. The molecular weight excluding hydrogens is 887 g/mol. The van der Waals surface area contributed by atoms with Crippen LogP contribution in [0.15, 0.2) is 95.7 Å². The summed E-state index contributed by atoms with van der Waals surface area (Å²) in [6, 6.07) is 28.9. The second kappa shape index (κ2) is 17.0. The molecule has 0 unspecified atom stereocenters. The average molecular weight is 958 g/mol. The van der Waals surface area contributed by atoms with Gasteiger partial charge in [0.25, 0.3) is 0 Å². The molecule has 0 amide bonds. The topological polar surface area (TPSA) is 51.8 Å². The van der Waals surface area contributed by atoms with Gasteiger partial charge in [0.15, 0.2) is 0 Å². The molecule has 4 nitrogen and oxygen atoms in total. The molecule has 0 bridgehead atoms. The largest absolute Gasteiger partial charge is 0.486 e. The number of aromatic nitrogens is 3. The first-order valence-corrected chi connectivity index (χ1v) is 19.6. The summed E-state index contributed by atoms with van der Waals surface area (Å²) in [6.45, 7) is 9.46. The molecule has 1 radical (unpaired) electrons. The third-order valence-electron chi connectivity index (χ3n) is 10.6. The molecule has 1 aliphatic rings. The molecule has 0 aliphatic heterocycles. The molecule has 3 aromatic carbocycles. The third kappa shape index (κ3) is 9.87. The van der Waals surface area contributed by atoms with E-state index >= 15 is 0 Å². The maximum absolute atomic E-state index is 9.42. The summed E-state index contributed by atoms with van der Waals surface area (Å²) < 4.78 is 103. The number of pyridine rings is 3. The summed E-state index contributed by atoms with van der Waals surface area (Å²) in [6.07, 6.45) is 4.98. The van der Waals surface area contributed by atoms with E-state index in [9.17, 15) is 1.37 Å². The molecule has 8 rings (SSSR count). The van der Waals surface area contributed by atoms with Crippen LogP contribution in [0.2, 0.25) is 0 Å². The van der Waals surface area contributed by atoms with Gasteiger partial charge < -0.3 is 14.4 Å². The summed E-state index contributed by atoms with van der Waals surface area (Å²) in [5, 5.41) is 1.39. The van der Waals surface area contributed by atoms with Crippen LogP contribution >= 0.6 is 0 Å². The summed E-state index contributed by atoms with van der Waals surface area (Å²) in [5.74, 6) is -0.691. The summed E-state index contributed by atoms with van der Waals surface area (Å²) in [4.78, 5) is 13.2. The first-order chi connectivity index (χ1) is 31.7. The fraction of sp³-hybridized carbons (Fsp3) is 0.377. The van der Waals surface area contributed by atoms with Gasteiger partial charge in [-0.1, -0.05) is 110 Å². The van der Waals surface area contributed by atoms with Crippen LogP contribution in [0, 0.1) is 43.5 Å². The second-order valence-electron chi connectivity index (χ2n) is 17.9. The monoisotopic (exact) mass is 959 g/mol. The zero-order valence-electron chi connectivity index (χ0n) is 46.6. The number of fused-ring (bicyclic) bond motifs is 3. The minimum absolute atomic E-state index is 0. The molecule has 1 saturated carbocycles. The van der Waals surface area contributed by atoms with Crippen molar-refractivity contribution in [2.24, 2.45) is 10.8 Å². The van der Waals surface area contributed by atoms with Gasteiger partial charge in [0.2, 0.25) is 5.71 Å². The van der Waals surface area contributed by atoms with Gasteiger partial charge in [-0.15, -0.1) is 53.6 Å². The predicted molar refractivity (Wildman–Crippen MR) is 239 cm³/mol. The van der Waals surface area contributed by atoms with Crippen LogP contribution in [0.25, 0.3) is 55.7 Å². The number of nitrogens with zero attached hydrogens (tertiary/aromatic N) is 3. The first-order valence-electron chi connectivity index (χ1n) is 25.6. The Morgan fingerprint density at radius 3 is 2.28 bits per heavy atom. The van der Waals surface area contributed by atoms with Crippen molar-refractivity contribution in [3.8, 4) is 33.6 Å². The van der Waals surface area contributed by atoms with Crippen molar-refractivity contribution >= 4 is 22.1 Å². The minimum Gasteiger partial charge on any atom is -0.486 e. The van der Waals surface area contributed by atoms with E-state index in [4.69, 9.17) is 19.5 Å². The Labute approximate surface area is 377 Å². The third-order valence-corrected chi connectivity index (χ3v) is 10.6. The summed E-state index contributed by atoms with van der Waals surface area (Å²) >= 11 is 0. The van der Waals surface area contributed by atoms with Crippen LogP contribution in [0.1, 0.15) is 137 Å². The van der Waals surface area contributed by atoms with Crippen LogP contribution < -0.4 is 0 Å². The Kier molecular flexibility index (Phi) is 8.73. The summed E-state index contributed by atoms with van der Waals surface area (Å²) in [7, 11) is 0. The molecule has 1 aliphatic carbocycles. The van der Waals surface area contributed by atoms with E-state index in [0.29, 0.717) is 44.6 Å². The number of rotatable bonds is 5. The SMILES string of the molecule is [2H]C([2H])([2H])c1c[c-]c(-c2ccc(C([2H])([2H])C(C)(C)C)cn2)cc1.[2H]C([2H])([2H])c1ccc2c(n1)oc1c(-c3cc(-c4ccc(C5([2H])CCC(C)(C)CC5)cc4C(C)(C)C)c(C([2H])([2H])[2H])cn3)[c-]ccc12.[Ir]. The average Bonchev–Trinajstić information content (AvgIpc) is 3.64. The molecule has 4 aromatic heterocycles. The van der Waals surface area contributed by atoms with E-state index in [-0.39, 0.29) is 53.5 Å². The number of furan rings is 1. The molecule has 303 valence electrons. The normalized spacial score (nSPS) is 19.0. The van der Waals surface area contributed by atoms with Crippen molar-refractivity contribution in [1.82, 2.24) is 15.0 Å². The van der Waals surface area contributed by atoms with Crippen molar-refractivity contribution in [1.29, 1.82) is 0 Å². The molecule has 0 atom stereocenters. The predicted octanol–water partition coefficient (Wildman–Crippen LogP) is 14.6. The maximum Gasteiger partial charge on any atom is 0.216 e. The fourth-order valence-corrected chi connectivity index (χ4v) is 7.41. The van der Waals surface area contributed by atoms with Crippen molar-refractivity contribution in [3.63, 3.8) is 0 Å². The van der Waals surface area contributed by atoms with Gasteiger partial charge in [0.05, 0.1) is 5.58 Å². The second-order valence-corrected chi connectivity index (χ2v) is 17.9. The fourth-order valence-electron chi connectivity index (χ4n) is 7.41. The standard InChI is InChI=1S/C36H39N2O.C17H20N.Ir/c1-22-21-37-32(29-10-8-9-27-28-13-11-23(2)38-34(28)39-33(27)29)20-30(22)26-14-12-25(19-31(26)35(3,4)5)24-15-17-36(6,7)18-16-24;1-13-5-8-15(9-6-13)16-10-7-14(12-18-16)11-17(2,3)4;/h8-9,11-14,19-21,24H,15-18H2,1-7H3;5-8,10,12H,11H2,1-4H3;/q2*-1;/i1D3,2D3,24D;1D3,11D2;. The number of benzene rings is 3. The van der Waals surface area contributed by atoms with Gasteiger partial charge in [0, 0.05) is 60.0 Å². The Morgan fingerprint density at radius 2 is 1.62 bits per heavy atom. The first kappa shape index (κ1) is 29.7. The van der Waals surface area contributed by atoms with Gasteiger partial charge in [0.1, 0.15) is 0 Å². The Hall–Kier alpha value is -4.44. The van der Waals surface area contributed by atoms with E-state index in [2.05, 4.69) is 67.8 Å². The molecule has 7 aromatic rings.